The van der Waals surface area contributed by atoms with Gasteiger partial charge in [0.2, 0.25) is 16.9 Å². The molecule has 6 nitrogen and oxygen atoms in total. The summed E-state index contributed by atoms with van der Waals surface area (Å²) in [7, 11) is 0. The van der Waals surface area contributed by atoms with Crippen LogP contribution in [0.4, 0.5) is 5.13 Å². The molecule has 0 saturated heterocycles. The molecule has 4 saturated carbocycles. The second-order valence-corrected chi connectivity index (χ2v) is 10.1. The average molecular weight is 391 g/mol. The van der Waals surface area contributed by atoms with Crippen LogP contribution >= 0.6 is 11.3 Å². The predicted molar refractivity (Wildman–Crippen MR) is 106 cm³/mol. The topological polar surface area (TPSA) is 84.0 Å². The van der Waals surface area contributed by atoms with Crippen LogP contribution in [0, 0.1) is 17.3 Å². The Morgan fingerprint density at radius 1 is 1.15 bits per heavy atom. The summed E-state index contributed by atoms with van der Waals surface area (Å²) >= 11 is 1.51. The second kappa shape index (κ2) is 6.83. The highest BCUT2D eigenvalue weighted by molar-refractivity contribution is 7.15. The predicted octanol–water partition coefficient (Wildman–Crippen LogP) is 3.86. The Bertz CT molecular complexity index is 728. The van der Waals surface area contributed by atoms with Crippen LogP contribution in [0.15, 0.2) is 0 Å². The van der Waals surface area contributed by atoms with E-state index >= 15 is 0 Å². The maximum Gasteiger partial charge on any atom is 0.232 e. The van der Waals surface area contributed by atoms with Crippen LogP contribution in [0.25, 0.3) is 0 Å². The molecule has 1 aromatic rings. The fourth-order valence-electron chi connectivity index (χ4n) is 6.37. The summed E-state index contributed by atoms with van der Waals surface area (Å²) in [4.78, 5) is 25.1. The van der Waals surface area contributed by atoms with Crippen molar-refractivity contribution in [2.75, 3.05) is 5.32 Å². The first-order chi connectivity index (χ1) is 12.9. The monoisotopic (exact) mass is 390 g/mol. The Balaban J connectivity index is 1.52. The highest BCUT2D eigenvalue weighted by atomic mass is 32.1. The van der Waals surface area contributed by atoms with E-state index in [2.05, 4.69) is 34.7 Å². The van der Waals surface area contributed by atoms with Gasteiger partial charge in [0.05, 0.1) is 5.41 Å². The van der Waals surface area contributed by atoms with Crippen molar-refractivity contribution < 1.29 is 9.59 Å². The normalized spacial score (nSPS) is 34.1. The molecule has 0 spiro atoms. The van der Waals surface area contributed by atoms with Crippen molar-refractivity contribution in [1.82, 2.24) is 15.5 Å². The summed E-state index contributed by atoms with van der Waals surface area (Å²) < 4.78 is 0. The quantitative estimate of drug-likeness (QED) is 0.773. The molecule has 27 heavy (non-hydrogen) atoms. The number of aromatic nitrogens is 2. The van der Waals surface area contributed by atoms with Gasteiger partial charge < -0.3 is 10.6 Å². The molecule has 148 valence electrons. The minimum Gasteiger partial charge on any atom is -0.351 e. The van der Waals surface area contributed by atoms with E-state index in [0.717, 1.165) is 50.0 Å². The van der Waals surface area contributed by atoms with Gasteiger partial charge in [0.15, 0.2) is 0 Å². The van der Waals surface area contributed by atoms with E-state index < -0.39 is 0 Å². The third kappa shape index (κ3) is 3.39. The molecule has 2 atom stereocenters. The van der Waals surface area contributed by atoms with E-state index in [1.807, 2.05) is 0 Å². The molecule has 4 fully saturated rings. The van der Waals surface area contributed by atoms with E-state index in [-0.39, 0.29) is 22.8 Å². The Hall–Kier alpha value is -1.50. The molecule has 2 amide bonds. The maximum absolute atomic E-state index is 13.3. The minimum absolute atomic E-state index is 0.0199. The molecule has 5 rings (SSSR count). The summed E-state index contributed by atoms with van der Waals surface area (Å²) in [5.74, 6) is 1.59. The smallest absolute Gasteiger partial charge is 0.232 e. The fraction of sp³-hybridized carbons (Fsp3) is 0.800. The molecular weight excluding hydrogens is 360 g/mol. The van der Waals surface area contributed by atoms with Crippen LogP contribution in [0.2, 0.25) is 0 Å². The van der Waals surface area contributed by atoms with E-state index in [1.54, 1.807) is 6.92 Å². The average Bonchev–Trinajstić information content (AvgIpc) is 3.02. The lowest BCUT2D eigenvalue weighted by Gasteiger charge is -2.61. The Kier molecular flexibility index (Phi) is 4.77. The van der Waals surface area contributed by atoms with Gasteiger partial charge in [-0.2, -0.15) is 0 Å². The SMILES string of the molecule is CCC(CC)c1nnc(NC(=O)C23C[C@H]4C[C@@H](CC(NC(C)=O)(C4)C2)C3)s1. The van der Waals surface area contributed by atoms with Crippen molar-refractivity contribution in [1.29, 1.82) is 0 Å². The van der Waals surface area contributed by atoms with Crippen LogP contribution in [-0.2, 0) is 9.59 Å². The molecular formula is C20H30N4O2S. The van der Waals surface area contributed by atoms with Crippen LogP contribution in [0.3, 0.4) is 0 Å². The molecule has 0 aliphatic heterocycles. The zero-order valence-electron chi connectivity index (χ0n) is 16.5. The van der Waals surface area contributed by atoms with Gasteiger partial charge in [0, 0.05) is 18.4 Å². The molecule has 7 heteroatoms. The van der Waals surface area contributed by atoms with Gasteiger partial charge in [-0.1, -0.05) is 25.2 Å². The van der Waals surface area contributed by atoms with Crippen LogP contribution < -0.4 is 10.6 Å². The largest absolute Gasteiger partial charge is 0.351 e. The molecule has 4 bridgehead atoms. The van der Waals surface area contributed by atoms with Crippen molar-refractivity contribution in [2.24, 2.45) is 17.3 Å². The lowest BCUT2D eigenvalue weighted by atomic mass is 9.46. The Labute approximate surface area is 164 Å². The number of carbonyl (C=O) groups is 2. The van der Waals surface area contributed by atoms with Crippen molar-refractivity contribution in [2.45, 2.75) is 83.6 Å². The number of carbonyl (C=O) groups excluding carboxylic acids is 2. The van der Waals surface area contributed by atoms with Gasteiger partial charge in [-0.3, -0.25) is 9.59 Å². The number of nitrogens with zero attached hydrogens (tertiary/aromatic N) is 2. The summed E-state index contributed by atoms with van der Waals surface area (Å²) in [5.41, 5.74) is -0.553. The number of rotatable bonds is 6. The number of anilines is 1. The van der Waals surface area contributed by atoms with E-state index in [1.165, 1.54) is 17.8 Å². The summed E-state index contributed by atoms with van der Waals surface area (Å²) in [6, 6.07) is 0. The van der Waals surface area contributed by atoms with E-state index in [4.69, 9.17) is 0 Å². The number of amides is 2. The first-order valence-electron chi connectivity index (χ1n) is 10.3. The molecule has 2 N–H and O–H groups in total. The standard InChI is InChI=1S/C20H30N4O2S/c1-4-15(5-2)16-23-24-18(27-16)21-17(26)19-7-13-6-14(8-19)10-20(9-13,11-19)22-12(3)25/h13-15H,4-11H2,1-3H3,(H,22,25)(H,21,24,26)/t13-,14-,19?,20?/m1/s1. The number of hydrogen-bond acceptors (Lipinski definition) is 5. The highest BCUT2D eigenvalue weighted by Gasteiger charge is 2.61. The number of hydrogen-bond donors (Lipinski definition) is 2. The molecule has 4 aliphatic carbocycles. The molecule has 0 radical (unpaired) electrons. The summed E-state index contributed by atoms with van der Waals surface area (Å²) in [6.45, 7) is 5.90. The minimum atomic E-state index is -0.368. The van der Waals surface area contributed by atoms with Crippen LogP contribution in [-0.4, -0.2) is 27.6 Å². The third-order valence-electron chi connectivity index (χ3n) is 6.98. The Morgan fingerprint density at radius 2 is 1.81 bits per heavy atom. The maximum atomic E-state index is 13.3. The van der Waals surface area contributed by atoms with Gasteiger partial charge in [-0.05, 0) is 63.2 Å². The fourth-order valence-corrected chi connectivity index (χ4v) is 7.37. The first-order valence-corrected chi connectivity index (χ1v) is 11.1. The molecule has 1 heterocycles. The van der Waals surface area contributed by atoms with Crippen LogP contribution in [0.1, 0.15) is 83.1 Å². The number of nitrogens with one attached hydrogen (secondary N) is 2. The molecule has 4 aliphatic rings. The summed E-state index contributed by atoms with van der Waals surface area (Å²) in [5, 5.41) is 16.5. The van der Waals surface area contributed by atoms with Crippen molar-refractivity contribution >= 4 is 28.3 Å². The zero-order chi connectivity index (χ0) is 19.2. The van der Waals surface area contributed by atoms with Gasteiger partial charge in [-0.15, -0.1) is 10.2 Å². The summed E-state index contributed by atoms with van der Waals surface area (Å²) in [6.07, 6.45) is 7.96. The van der Waals surface area contributed by atoms with Crippen LogP contribution in [0.5, 0.6) is 0 Å². The first kappa shape index (κ1) is 18.8. The molecule has 1 aromatic heterocycles. The lowest BCUT2D eigenvalue weighted by Crippen LogP contribution is -2.65. The van der Waals surface area contributed by atoms with Gasteiger partial charge in [0.1, 0.15) is 5.01 Å². The van der Waals surface area contributed by atoms with Gasteiger partial charge in [0.25, 0.3) is 0 Å². The van der Waals surface area contributed by atoms with Crippen molar-refractivity contribution in [3.8, 4) is 0 Å². The lowest BCUT2D eigenvalue weighted by molar-refractivity contribution is -0.148. The second-order valence-electron chi connectivity index (χ2n) is 9.12. The van der Waals surface area contributed by atoms with Gasteiger partial charge >= 0.3 is 0 Å². The van der Waals surface area contributed by atoms with Crippen molar-refractivity contribution in [3.05, 3.63) is 5.01 Å². The third-order valence-corrected chi connectivity index (χ3v) is 7.98. The molecule has 0 unspecified atom stereocenters. The van der Waals surface area contributed by atoms with E-state index in [0.29, 0.717) is 22.9 Å². The van der Waals surface area contributed by atoms with Gasteiger partial charge in [-0.25, -0.2) is 0 Å². The zero-order valence-corrected chi connectivity index (χ0v) is 17.3. The van der Waals surface area contributed by atoms with Crippen molar-refractivity contribution in [3.63, 3.8) is 0 Å². The highest BCUT2D eigenvalue weighted by Crippen LogP contribution is 2.61. The molecule has 0 aromatic carbocycles. The Morgan fingerprint density at radius 3 is 2.41 bits per heavy atom. The van der Waals surface area contributed by atoms with E-state index in [9.17, 15) is 9.59 Å².